The molecule has 4 rings (SSSR count). The molecule has 0 fully saturated rings. The third-order valence-corrected chi connectivity index (χ3v) is 4.09. The minimum Gasteiger partial charge on any atom is -0.368 e. The number of aromatic nitrogens is 7. The Balaban J connectivity index is 1.86. The predicted octanol–water partition coefficient (Wildman–Crippen LogP) is 2.17. The smallest absolute Gasteiger partial charge is 0.224 e. The van der Waals surface area contributed by atoms with Gasteiger partial charge in [-0.05, 0) is 11.6 Å². The number of halogens is 1. The van der Waals surface area contributed by atoms with E-state index >= 15 is 0 Å². The van der Waals surface area contributed by atoms with Gasteiger partial charge in [-0.15, -0.1) is 0 Å². The number of nitrogens with zero attached hydrogens (tertiary/aromatic N) is 7. The zero-order valence-electron chi connectivity index (χ0n) is 14.6. The molecular formula is C17H16FN9. The Labute approximate surface area is 153 Å². The Morgan fingerprint density at radius 2 is 1.93 bits per heavy atom. The highest BCUT2D eigenvalue weighted by atomic mass is 19.1. The second-order valence-electron chi connectivity index (χ2n) is 6.06. The van der Waals surface area contributed by atoms with Gasteiger partial charge in [0.1, 0.15) is 17.5 Å². The van der Waals surface area contributed by atoms with Crippen molar-refractivity contribution in [1.82, 2.24) is 34.5 Å². The lowest BCUT2D eigenvalue weighted by molar-refractivity contribution is 0.606. The molecule has 0 radical (unpaired) electrons. The van der Waals surface area contributed by atoms with Crippen LogP contribution < -0.4 is 11.1 Å². The first-order valence-corrected chi connectivity index (χ1v) is 8.16. The van der Waals surface area contributed by atoms with E-state index < -0.39 is 5.82 Å². The van der Waals surface area contributed by atoms with Gasteiger partial charge in [-0.3, -0.25) is 0 Å². The maximum Gasteiger partial charge on any atom is 0.224 e. The summed E-state index contributed by atoms with van der Waals surface area (Å²) in [6.45, 7) is 1.92. The van der Waals surface area contributed by atoms with E-state index in [4.69, 9.17) is 5.73 Å². The Morgan fingerprint density at radius 1 is 1.15 bits per heavy atom. The molecule has 1 atom stereocenters. The molecule has 3 N–H and O–H groups in total. The van der Waals surface area contributed by atoms with Crippen molar-refractivity contribution in [3.05, 3.63) is 54.4 Å². The van der Waals surface area contributed by atoms with Crippen LogP contribution in [-0.4, -0.2) is 34.5 Å². The molecule has 0 aliphatic carbocycles. The summed E-state index contributed by atoms with van der Waals surface area (Å²) in [6.07, 6.45) is 7.40. The van der Waals surface area contributed by atoms with Crippen LogP contribution in [0.5, 0.6) is 0 Å². The molecule has 0 aromatic carbocycles. The van der Waals surface area contributed by atoms with E-state index in [2.05, 4.69) is 35.2 Å². The summed E-state index contributed by atoms with van der Waals surface area (Å²) in [5.74, 6) is 0.929. The van der Waals surface area contributed by atoms with Gasteiger partial charge >= 0.3 is 0 Å². The molecule has 27 heavy (non-hydrogen) atoms. The summed E-state index contributed by atoms with van der Waals surface area (Å²) in [7, 11) is 1.87. The number of hydrogen-bond donors (Lipinski definition) is 2. The Morgan fingerprint density at radius 3 is 2.63 bits per heavy atom. The third kappa shape index (κ3) is 3.24. The first-order valence-electron chi connectivity index (χ1n) is 8.16. The number of hydrogen-bond acceptors (Lipinski definition) is 8. The van der Waals surface area contributed by atoms with Gasteiger partial charge in [0, 0.05) is 25.4 Å². The summed E-state index contributed by atoms with van der Waals surface area (Å²) in [4.78, 5) is 25.3. The summed E-state index contributed by atoms with van der Waals surface area (Å²) in [5, 5.41) is 3.84. The van der Waals surface area contributed by atoms with E-state index in [-0.39, 0.29) is 11.9 Å². The van der Waals surface area contributed by atoms with Gasteiger partial charge in [-0.25, -0.2) is 24.3 Å². The van der Waals surface area contributed by atoms with Crippen LogP contribution in [0.15, 0.2) is 37.2 Å². The molecular weight excluding hydrogens is 349 g/mol. The van der Waals surface area contributed by atoms with Crippen LogP contribution in [0.2, 0.25) is 0 Å². The summed E-state index contributed by atoms with van der Waals surface area (Å²) in [6, 6.07) is 1.84. The molecule has 0 bridgehead atoms. The number of fused-ring (bicyclic) bond motifs is 1. The van der Waals surface area contributed by atoms with E-state index in [0.29, 0.717) is 28.5 Å². The molecule has 0 aliphatic rings. The number of pyridine rings is 1. The van der Waals surface area contributed by atoms with Crippen LogP contribution in [-0.2, 0) is 7.05 Å². The van der Waals surface area contributed by atoms with Crippen LogP contribution in [0.25, 0.3) is 11.0 Å². The van der Waals surface area contributed by atoms with Crippen LogP contribution in [0.4, 0.5) is 22.0 Å². The lowest BCUT2D eigenvalue weighted by Gasteiger charge is -2.15. The number of imidazole rings is 1. The molecule has 0 aliphatic heterocycles. The van der Waals surface area contributed by atoms with Crippen LogP contribution >= 0.6 is 0 Å². The highest BCUT2D eigenvalue weighted by Gasteiger charge is 2.20. The fourth-order valence-corrected chi connectivity index (χ4v) is 2.83. The lowest BCUT2D eigenvalue weighted by atomic mass is 9.98. The highest BCUT2D eigenvalue weighted by molar-refractivity contribution is 5.92. The fourth-order valence-electron chi connectivity index (χ4n) is 2.83. The van der Waals surface area contributed by atoms with Crippen molar-refractivity contribution in [2.24, 2.45) is 7.05 Å². The molecule has 10 heteroatoms. The monoisotopic (exact) mass is 365 g/mol. The van der Waals surface area contributed by atoms with Crippen molar-refractivity contribution in [3.63, 3.8) is 0 Å². The number of nitrogens with one attached hydrogen (secondary N) is 1. The third-order valence-electron chi connectivity index (χ3n) is 4.09. The van der Waals surface area contributed by atoms with Gasteiger partial charge in [0.2, 0.25) is 5.95 Å². The summed E-state index contributed by atoms with van der Waals surface area (Å²) >= 11 is 0. The second-order valence-corrected chi connectivity index (χ2v) is 6.06. The highest BCUT2D eigenvalue weighted by Crippen LogP contribution is 2.32. The standard InChI is InChI=1S/C17H16FN9/c1-9(14-21-5-10(18)6-22-14)11-3-4-20-15-13(11)16(26-17(19)25-15)24-12-7-27(2)8-23-12/h3-9H,1-2H3,(H3,19,20,24,25,26)/t9-/m0/s1. The molecule has 4 heterocycles. The van der Waals surface area contributed by atoms with Crippen LogP contribution in [0, 0.1) is 5.82 Å². The van der Waals surface area contributed by atoms with Gasteiger partial charge in [0.15, 0.2) is 11.5 Å². The van der Waals surface area contributed by atoms with E-state index in [1.54, 1.807) is 12.5 Å². The average Bonchev–Trinajstić information content (AvgIpc) is 3.05. The number of nitrogens with two attached hydrogens (primary N) is 1. The van der Waals surface area contributed by atoms with Gasteiger partial charge in [-0.1, -0.05) is 6.92 Å². The maximum atomic E-state index is 13.2. The molecule has 0 amide bonds. The zero-order chi connectivity index (χ0) is 19.0. The van der Waals surface area contributed by atoms with E-state index in [9.17, 15) is 4.39 Å². The van der Waals surface area contributed by atoms with Crippen LogP contribution in [0.1, 0.15) is 24.2 Å². The molecule has 4 aromatic rings. The zero-order valence-corrected chi connectivity index (χ0v) is 14.6. The molecule has 0 spiro atoms. The van der Waals surface area contributed by atoms with Gasteiger partial charge in [-0.2, -0.15) is 9.97 Å². The largest absolute Gasteiger partial charge is 0.368 e. The molecule has 9 nitrogen and oxygen atoms in total. The van der Waals surface area contributed by atoms with Crippen molar-refractivity contribution in [3.8, 4) is 0 Å². The van der Waals surface area contributed by atoms with Crippen LogP contribution in [0.3, 0.4) is 0 Å². The maximum absolute atomic E-state index is 13.2. The number of anilines is 3. The molecule has 0 unspecified atom stereocenters. The van der Waals surface area contributed by atoms with Crippen molar-refractivity contribution >= 4 is 28.6 Å². The molecule has 0 saturated carbocycles. The molecule has 0 saturated heterocycles. The van der Waals surface area contributed by atoms with Gasteiger partial charge < -0.3 is 15.6 Å². The van der Waals surface area contributed by atoms with Crippen molar-refractivity contribution in [1.29, 1.82) is 0 Å². The average molecular weight is 365 g/mol. The van der Waals surface area contributed by atoms with Crippen molar-refractivity contribution in [2.75, 3.05) is 11.1 Å². The minimum atomic E-state index is -0.487. The van der Waals surface area contributed by atoms with E-state index in [1.807, 2.05) is 30.8 Å². The normalized spacial score (nSPS) is 12.3. The van der Waals surface area contributed by atoms with Gasteiger partial charge in [0.25, 0.3) is 0 Å². The fraction of sp³-hybridized carbons (Fsp3) is 0.176. The van der Waals surface area contributed by atoms with E-state index in [0.717, 1.165) is 18.0 Å². The predicted molar refractivity (Wildman–Crippen MR) is 97.7 cm³/mol. The first kappa shape index (κ1) is 16.8. The molecule has 136 valence electrons. The van der Waals surface area contributed by atoms with Gasteiger partial charge in [0.05, 0.1) is 24.1 Å². The lowest BCUT2D eigenvalue weighted by Crippen LogP contribution is -2.08. The molecule has 4 aromatic heterocycles. The Kier molecular flexibility index (Phi) is 4.07. The first-order chi connectivity index (χ1) is 13.0. The topological polar surface area (TPSA) is 120 Å². The number of rotatable bonds is 4. The summed E-state index contributed by atoms with van der Waals surface area (Å²) < 4.78 is 15.0. The second kappa shape index (κ2) is 6.56. The van der Waals surface area contributed by atoms with E-state index in [1.165, 1.54) is 0 Å². The number of aryl methyl sites for hydroxylation is 1. The Bertz CT molecular complexity index is 1110. The van der Waals surface area contributed by atoms with Crippen molar-refractivity contribution in [2.45, 2.75) is 12.8 Å². The SMILES string of the molecule is C[C@H](c1ncc(F)cn1)c1ccnc2nc(N)nc(Nc3cn(C)cn3)c12. The summed E-state index contributed by atoms with van der Waals surface area (Å²) in [5.41, 5.74) is 7.12. The quantitative estimate of drug-likeness (QED) is 0.564. The Hall–Kier alpha value is -3.69. The van der Waals surface area contributed by atoms with Crippen molar-refractivity contribution < 1.29 is 4.39 Å². The minimum absolute atomic E-state index is 0.0938. The number of nitrogen functional groups attached to an aromatic ring is 1.